The van der Waals surface area contributed by atoms with Crippen molar-refractivity contribution in [1.29, 1.82) is 0 Å². The summed E-state index contributed by atoms with van der Waals surface area (Å²) in [6.45, 7) is 0.881. The first kappa shape index (κ1) is 14.4. The largest absolute Gasteiger partial charge is 0.472 e. The Balaban J connectivity index is 1.90. The summed E-state index contributed by atoms with van der Waals surface area (Å²) in [6, 6.07) is 6.83. The number of nitrogens with one attached hydrogen (secondary N) is 1. The fraction of sp³-hybridized carbons (Fsp3) is 0.214. The number of hydrogen-bond acceptors (Lipinski definition) is 4. The van der Waals surface area contributed by atoms with Crippen LogP contribution in [0.15, 0.2) is 41.2 Å². The van der Waals surface area contributed by atoms with Crippen LogP contribution in [0.2, 0.25) is 5.02 Å². The molecule has 0 aliphatic rings. The number of carbonyl (C=O) groups is 1. The van der Waals surface area contributed by atoms with Crippen LogP contribution in [0.3, 0.4) is 0 Å². The molecule has 0 aliphatic heterocycles. The number of nitrogen functional groups attached to an aromatic ring is 1. The zero-order chi connectivity index (χ0) is 14.5. The molecule has 1 amide bonds. The molecule has 1 aromatic carbocycles. The van der Waals surface area contributed by atoms with Crippen LogP contribution in [0, 0.1) is 0 Å². The van der Waals surface area contributed by atoms with Crippen LogP contribution >= 0.6 is 11.6 Å². The molecule has 0 bridgehead atoms. The van der Waals surface area contributed by atoms with Gasteiger partial charge in [0.15, 0.2) is 0 Å². The lowest BCUT2D eigenvalue weighted by Gasteiger charge is -2.16. The Morgan fingerprint density at radius 3 is 2.95 bits per heavy atom. The van der Waals surface area contributed by atoms with Gasteiger partial charge in [-0.05, 0) is 31.3 Å². The number of nitrogens with zero attached hydrogens (tertiary/aromatic N) is 1. The minimum absolute atomic E-state index is 0.148. The molecule has 0 fully saturated rings. The molecule has 1 aromatic heterocycles. The van der Waals surface area contributed by atoms with Crippen LogP contribution < -0.4 is 11.1 Å². The van der Waals surface area contributed by atoms with Crippen LogP contribution in [0.4, 0.5) is 11.4 Å². The lowest BCUT2D eigenvalue weighted by atomic mass is 10.2. The van der Waals surface area contributed by atoms with Gasteiger partial charge in [0.05, 0.1) is 30.4 Å². The van der Waals surface area contributed by atoms with Crippen LogP contribution in [0.5, 0.6) is 0 Å². The van der Waals surface area contributed by atoms with E-state index in [0.717, 1.165) is 5.56 Å². The van der Waals surface area contributed by atoms with Gasteiger partial charge in [0, 0.05) is 17.1 Å². The minimum atomic E-state index is -0.148. The molecule has 3 N–H and O–H groups in total. The molecule has 106 valence electrons. The second kappa shape index (κ2) is 6.45. The van der Waals surface area contributed by atoms with E-state index < -0.39 is 0 Å². The number of hydrogen-bond donors (Lipinski definition) is 2. The Kier molecular flexibility index (Phi) is 4.65. The number of amides is 1. The lowest BCUT2D eigenvalue weighted by molar-refractivity contribution is -0.117. The van der Waals surface area contributed by atoms with Crippen LogP contribution in [0.1, 0.15) is 5.56 Å². The third-order valence-electron chi connectivity index (χ3n) is 2.74. The summed E-state index contributed by atoms with van der Waals surface area (Å²) in [5.41, 5.74) is 7.81. The molecule has 0 saturated carbocycles. The Morgan fingerprint density at radius 2 is 2.25 bits per heavy atom. The molecule has 0 unspecified atom stereocenters. The number of anilines is 2. The molecule has 0 saturated heterocycles. The number of likely N-dealkylation sites (N-methyl/N-ethyl adjacent to an activating group) is 1. The second-order valence-corrected chi connectivity index (χ2v) is 5.02. The standard InChI is InChI=1S/C14H16ClN3O2/c1-18(7-10-4-5-20-9-10)8-14(19)17-13-6-11(15)2-3-12(13)16/h2-6,9H,7-8,16H2,1H3,(H,17,19). The summed E-state index contributed by atoms with van der Waals surface area (Å²) in [5, 5.41) is 3.28. The zero-order valence-electron chi connectivity index (χ0n) is 11.1. The first-order chi connectivity index (χ1) is 9.54. The van der Waals surface area contributed by atoms with Gasteiger partial charge >= 0.3 is 0 Å². The van der Waals surface area contributed by atoms with E-state index in [2.05, 4.69) is 5.32 Å². The zero-order valence-corrected chi connectivity index (χ0v) is 11.9. The highest BCUT2D eigenvalue weighted by molar-refractivity contribution is 6.31. The minimum Gasteiger partial charge on any atom is -0.472 e. The molecule has 1 heterocycles. The van der Waals surface area contributed by atoms with Crippen molar-refractivity contribution in [3.8, 4) is 0 Å². The number of furan rings is 1. The van der Waals surface area contributed by atoms with Crippen molar-refractivity contribution in [2.45, 2.75) is 6.54 Å². The van der Waals surface area contributed by atoms with E-state index in [0.29, 0.717) is 22.9 Å². The first-order valence-electron chi connectivity index (χ1n) is 6.09. The molecule has 0 spiro atoms. The summed E-state index contributed by atoms with van der Waals surface area (Å²) >= 11 is 5.87. The predicted octanol–water partition coefficient (Wildman–Crippen LogP) is 2.59. The molecule has 2 rings (SSSR count). The molecule has 2 aromatic rings. The maximum absolute atomic E-state index is 11.9. The monoisotopic (exact) mass is 293 g/mol. The van der Waals surface area contributed by atoms with E-state index in [-0.39, 0.29) is 12.5 Å². The van der Waals surface area contributed by atoms with Gasteiger partial charge in [0.25, 0.3) is 0 Å². The molecular formula is C14H16ClN3O2. The third kappa shape index (κ3) is 4.01. The van der Waals surface area contributed by atoms with E-state index in [1.807, 2.05) is 18.0 Å². The summed E-state index contributed by atoms with van der Waals surface area (Å²) < 4.78 is 4.99. The SMILES string of the molecule is CN(CC(=O)Nc1cc(Cl)ccc1N)Cc1ccoc1. The van der Waals surface area contributed by atoms with E-state index in [9.17, 15) is 4.79 Å². The lowest BCUT2D eigenvalue weighted by Crippen LogP contribution is -2.29. The van der Waals surface area contributed by atoms with Gasteiger partial charge in [-0.2, -0.15) is 0 Å². The van der Waals surface area contributed by atoms with Crippen LogP contribution in [-0.4, -0.2) is 24.4 Å². The summed E-state index contributed by atoms with van der Waals surface area (Å²) in [4.78, 5) is 13.8. The number of halogens is 1. The van der Waals surface area contributed by atoms with Crippen molar-refractivity contribution in [3.63, 3.8) is 0 Å². The summed E-state index contributed by atoms with van der Waals surface area (Å²) in [5.74, 6) is -0.148. The first-order valence-corrected chi connectivity index (χ1v) is 6.47. The fourth-order valence-electron chi connectivity index (χ4n) is 1.82. The molecule has 0 radical (unpaired) electrons. The second-order valence-electron chi connectivity index (χ2n) is 4.58. The maximum Gasteiger partial charge on any atom is 0.238 e. The normalized spacial score (nSPS) is 10.8. The van der Waals surface area contributed by atoms with Crippen molar-refractivity contribution in [2.75, 3.05) is 24.6 Å². The number of benzene rings is 1. The van der Waals surface area contributed by atoms with E-state index in [1.165, 1.54) is 0 Å². The number of rotatable bonds is 5. The highest BCUT2D eigenvalue weighted by Crippen LogP contribution is 2.22. The van der Waals surface area contributed by atoms with Crippen molar-refractivity contribution in [2.24, 2.45) is 0 Å². The van der Waals surface area contributed by atoms with Gasteiger partial charge in [-0.3, -0.25) is 9.69 Å². The van der Waals surface area contributed by atoms with Gasteiger partial charge in [-0.25, -0.2) is 0 Å². The molecule has 5 nitrogen and oxygen atoms in total. The van der Waals surface area contributed by atoms with Gasteiger partial charge in [-0.1, -0.05) is 11.6 Å². The highest BCUT2D eigenvalue weighted by atomic mass is 35.5. The number of carbonyl (C=O) groups excluding carboxylic acids is 1. The van der Waals surface area contributed by atoms with Gasteiger partial charge in [0.2, 0.25) is 5.91 Å². The molecule has 0 atom stereocenters. The number of nitrogens with two attached hydrogens (primary N) is 1. The Hall–Kier alpha value is -1.98. The van der Waals surface area contributed by atoms with Crippen molar-refractivity contribution in [3.05, 3.63) is 47.4 Å². The average molecular weight is 294 g/mol. The molecule has 6 heteroatoms. The fourth-order valence-corrected chi connectivity index (χ4v) is 1.99. The van der Waals surface area contributed by atoms with Gasteiger partial charge < -0.3 is 15.5 Å². The maximum atomic E-state index is 11.9. The molecule has 20 heavy (non-hydrogen) atoms. The highest BCUT2D eigenvalue weighted by Gasteiger charge is 2.10. The van der Waals surface area contributed by atoms with Crippen LogP contribution in [-0.2, 0) is 11.3 Å². The predicted molar refractivity (Wildman–Crippen MR) is 79.5 cm³/mol. The molecular weight excluding hydrogens is 278 g/mol. The van der Waals surface area contributed by atoms with Crippen molar-refractivity contribution >= 4 is 28.9 Å². The van der Waals surface area contributed by atoms with Crippen LogP contribution in [0.25, 0.3) is 0 Å². The summed E-state index contributed by atoms with van der Waals surface area (Å²) in [6.07, 6.45) is 3.26. The summed E-state index contributed by atoms with van der Waals surface area (Å²) in [7, 11) is 1.86. The third-order valence-corrected chi connectivity index (χ3v) is 2.97. The molecule has 0 aliphatic carbocycles. The van der Waals surface area contributed by atoms with Gasteiger partial charge in [-0.15, -0.1) is 0 Å². The van der Waals surface area contributed by atoms with Crippen molar-refractivity contribution in [1.82, 2.24) is 4.90 Å². The van der Waals surface area contributed by atoms with E-state index in [1.54, 1.807) is 30.7 Å². The smallest absolute Gasteiger partial charge is 0.238 e. The Bertz CT molecular complexity index is 584. The van der Waals surface area contributed by atoms with E-state index >= 15 is 0 Å². The van der Waals surface area contributed by atoms with E-state index in [4.69, 9.17) is 21.8 Å². The van der Waals surface area contributed by atoms with Crippen molar-refractivity contribution < 1.29 is 9.21 Å². The average Bonchev–Trinajstić information content (AvgIpc) is 2.86. The quantitative estimate of drug-likeness (QED) is 0.831. The Morgan fingerprint density at radius 1 is 1.45 bits per heavy atom. The topological polar surface area (TPSA) is 71.5 Å². The van der Waals surface area contributed by atoms with Gasteiger partial charge in [0.1, 0.15) is 0 Å². The Labute approximate surface area is 122 Å².